The van der Waals surface area contributed by atoms with Gasteiger partial charge in [-0.05, 0) is 25.8 Å². The predicted molar refractivity (Wildman–Crippen MR) is 127 cm³/mol. The lowest BCUT2D eigenvalue weighted by atomic mass is 10.0. The van der Waals surface area contributed by atoms with Crippen LogP contribution >= 0.6 is 0 Å². The Morgan fingerprint density at radius 2 is 1.66 bits per heavy atom. The molecule has 4 rings (SSSR count). The van der Waals surface area contributed by atoms with E-state index in [-0.39, 0.29) is 17.2 Å². The van der Waals surface area contributed by atoms with Gasteiger partial charge in [0.2, 0.25) is 11.9 Å². The first kappa shape index (κ1) is 22.5. The number of carbonyl (C=O) groups excluding carboxylic acids is 1. The van der Waals surface area contributed by atoms with Gasteiger partial charge in [0.05, 0.1) is 5.25 Å². The third-order valence-corrected chi connectivity index (χ3v) is 8.24. The second-order valence-electron chi connectivity index (χ2n) is 8.81. The molecule has 1 unspecified atom stereocenters. The van der Waals surface area contributed by atoms with E-state index in [1.165, 1.54) is 6.26 Å². The van der Waals surface area contributed by atoms with Crippen LogP contribution in [0.15, 0.2) is 36.7 Å². The quantitative estimate of drug-likeness (QED) is 0.696. The zero-order chi connectivity index (χ0) is 22.9. The summed E-state index contributed by atoms with van der Waals surface area (Å²) in [5, 5.41) is -0.268. The fourth-order valence-corrected chi connectivity index (χ4v) is 5.81. The summed E-state index contributed by atoms with van der Waals surface area (Å²) < 4.78 is 23.6. The molecule has 2 aliphatic rings. The van der Waals surface area contributed by atoms with E-state index in [1.807, 2.05) is 29.4 Å². The van der Waals surface area contributed by atoms with Crippen LogP contribution in [0.25, 0.3) is 11.1 Å². The Kier molecular flexibility index (Phi) is 6.37. The zero-order valence-corrected chi connectivity index (χ0v) is 19.8. The molecule has 3 heterocycles. The summed E-state index contributed by atoms with van der Waals surface area (Å²) in [5.41, 5.74) is 3.13. The van der Waals surface area contributed by atoms with Crippen LogP contribution in [0, 0.1) is 0 Å². The van der Waals surface area contributed by atoms with Gasteiger partial charge in [0.15, 0.2) is 0 Å². The van der Waals surface area contributed by atoms with Crippen molar-refractivity contribution < 1.29 is 13.2 Å². The zero-order valence-electron chi connectivity index (χ0n) is 18.9. The van der Waals surface area contributed by atoms with Gasteiger partial charge in [-0.1, -0.05) is 18.2 Å². The van der Waals surface area contributed by atoms with Crippen LogP contribution in [0.3, 0.4) is 0 Å². The Hall–Kier alpha value is -2.68. The maximum absolute atomic E-state index is 11.8. The van der Waals surface area contributed by atoms with E-state index < -0.39 is 9.84 Å². The smallest absolute Gasteiger partial charge is 0.225 e. The standard InChI is InChI=1S/C23H31N5O3S/c1-17-16-27(12-13-28(17)18(2)29)22-7-5-4-6-21(22)19-14-24-23(25-15-19)26-10-8-20(9-11-26)32(3,30)31/h4-7,14-15,17,20H,8-13,16H2,1-3H3. The van der Waals surface area contributed by atoms with Crippen molar-refractivity contribution in [3.05, 3.63) is 36.7 Å². The number of hydrogen-bond donors (Lipinski definition) is 0. The third-order valence-electron chi connectivity index (χ3n) is 6.56. The van der Waals surface area contributed by atoms with Crippen LogP contribution in [0.5, 0.6) is 0 Å². The fourth-order valence-electron chi connectivity index (χ4n) is 4.75. The normalized spacial score (nSPS) is 20.5. The van der Waals surface area contributed by atoms with Crippen molar-refractivity contribution in [2.24, 2.45) is 0 Å². The highest BCUT2D eigenvalue weighted by Crippen LogP contribution is 2.32. The Balaban J connectivity index is 1.49. The van der Waals surface area contributed by atoms with E-state index in [4.69, 9.17) is 0 Å². The van der Waals surface area contributed by atoms with Crippen molar-refractivity contribution in [2.45, 2.75) is 38.0 Å². The van der Waals surface area contributed by atoms with Gasteiger partial charge >= 0.3 is 0 Å². The van der Waals surface area contributed by atoms with Crippen molar-refractivity contribution >= 4 is 27.4 Å². The second kappa shape index (κ2) is 9.05. The molecule has 0 saturated carbocycles. The first-order valence-corrected chi connectivity index (χ1v) is 13.1. The maximum atomic E-state index is 11.8. The number of piperidine rings is 1. The number of benzene rings is 1. The first-order chi connectivity index (χ1) is 15.2. The number of aromatic nitrogens is 2. The molecule has 1 atom stereocenters. The van der Waals surface area contributed by atoms with Crippen molar-refractivity contribution in [3.8, 4) is 11.1 Å². The molecule has 2 aromatic rings. The van der Waals surface area contributed by atoms with Crippen LogP contribution in [0.4, 0.5) is 11.6 Å². The van der Waals surface area contributed by atoms with E-state index in [1.54, 1.807) is 6.92 Å². The van der Waals surface area contributed by atoms with Crippen LogP contribution in [0.2, 0.25) is 0 Å². The average Bonchev–Trinajstić information content (AvgIpc) is 2.78. The second-order valence-corrected chi connectivity index (χ2v) is 11.1. The molecule has 172 valence electrons. The van der Waals surface area contributed by atoms with E-state index in [0.29, 0.717) is 38.4 Å². The summed E-state index contributed by atoms with van der Waals surface area (Å²) in [6.07, 6.45) is 6.23. The highest BCUT2D eigenvalue weighted by Gasteiger charge is 2.28. The maximum Gasteiger partial charge on any atom is 0.225 e. The molecule has 1 amide bonds. The van der Waals surface area contributed by atoms with Crippen LogP contribution < -0.4 is 9.80 Å². The molecule has 1 aromatic heterocycles. The fraction of sp³-hybridized carbons (Fsp3) is 0.522. The summed E-state index contributed by atoms with van der Waals surface area (Å²) >= 11 is 0. The minimum Gasteiger partial charge on any atom is -0.367 e. The summed E-state index contributed by atoms with van der Waals surface area (Å²) in [5.74, 6) is 0.761. The number of para-hydroxylation sites is 1. The summed E-state index contributed by atoms with van der Waals surface area (Å²) in [7, 11) is -3.00. The van der Waals surface area contributed by atoms with Crippen molar-refractivity contribution in [3.63, 3.8) is 0 Å². The SMILES string of the molecule is CC(=O)N1CCN(c2ccccc2-c2cnc(N3CCC(S(C)(=O)=O)CC3)nc2)CC1C. The number of hydrogen-bond acceptors (Lipinski definition) is 7. The summed E-state index contributed by atoms with van der Waals surface area (Å²) in [6, 6.07) is 8.38. The van der Waals surface area contributed by atoms with Gasteiger partial charge in [-0.25, -0.2) is 18.4 Å². The van der Waals surface area contributed by atoms with Gasteiger partial charge in [0, 0.05) is 81.2 Å². The highest BCUT2D eigenvalue weighted by molar-refractivity contribution is 7.91. The Morgan fingerprint density at radius 1 is 1.00 bits per heavy atom. The molecule has 9 heteroatoms. The number of carbonyl (C=O) groups is 1. The van der Waals surface area contributed by atoms with Gasteiger partial charge < -0.3 is 14.7 Å². The lowest BCUT2D eigenvalue weighted by Gasteiger charge is -2.41. The largest absolute Gasteiger partial charge is 0.367 e. The lowest BCUT2D eigenvalue weighted by Crippen LogP contribution is -2.53. The topological polar surface area (TPSA) is 86.7 Å². The van der Waals surface area contributed by atoms with Crippen LogP contribution in [-0.2, 0) is 14.6 Å². The van der Waals surface area contributed by atoms with Crippen molar-refractivity contribution in [2.75, 3.05) is 48.8 Å². The summed E-state index contributed by atoms with van der Waals surface area (Å²) in [4.78, 5) is 27.3. The van der Waals surface area contributed by atoms with Crippen molar-refractivity contribution in [1.29, 1.82) is 0 Å². The monoisotopic (exact) mass is 457 g/mol. The molecule has 0 radical (unpaired) electrons. The van der Waals surface area contributed by atoms with E-state index in [9.17, 15) is 13.2 Å². The van der Waals surface area contributed by atoms with Gasteiger partial charge in [-0.2, -0.15) is 0 Å². The van der Waals surface area contributed by atoms with Crippen LogP contribution in [0.1, 0.15) is 26.7 Å². The third kappa shape index (κ3) is 4.72. The number of amides is 1. The van der Waals surface area contributed by atoms with E-state index in [0.717, 1.165) is 29.9 Å². The molecule has 1 aromatic carbocycles. The van der Waals surface area contributed by atoms with E-state index in [2.05, 4.69) is 38.8 Å². The molecule has 32 heavy (non-hydrogen) atoms. The first-order valence-electron chi connectivity index (χ1n) is 11.1. The van der Waals surface area contributed by atoms with Gasteiger partial charge in [-0.3, -0.25) is 4.79 Å². The Bertz CT molecular complexity index is 1070. The van der Waals surface area contributed by atoms with Crippen LogP contribution in [-0.4, -0.2) is 79.5 Å². The van der Waals surface area contributed by atoms with E-state index >= 15 is 0 Å². The molecule has 0 N–H and O–H groups in total. The molecular weight excluding hydrogens is 426 g/mol. The Labute approximate surface area is 190 Å². The van der Waals surface area contributed by atoms with Gasteiger partial charge in [0.25, 0.3) is 0 Å². The number of piperazine rings is 1. The highest BCUT2D eigenvalue weighted by atomic mass is 32.2. The molecule has 0 aliphatic carbocycles. The lowest BCUT2D eigenvalue weighted by molar-refractivity contribution is -0.131. The number of sulfone groups is 1. The number of anilines is 2. The predicted octanol–water partition coefficient (Wildman–Crippen LogP) is 2.21. The molecule has 2 saturated heterocycles. The number of rotatable bonds is 4. The molecular formula is C23H31N5O3S. The van der Waals surface area contributed by atoms with Gasteiger partial charge in [0.1, 0.15) is 9.84 Å². The molecule has 0 bridgehead atoms. The molecule has 2 aliphatic heterocycles. The molecule has 8 nitrogen and oxygen atoms in total. The molecule has 2 fully saturated rings. The minimum absolute atomic E-state index is 0.120. The Morgan fingerprint density at radius 3 is 2.25 bits per heavy atom. The van der Waals surface area contributed by atoms with Crippen molar-refractivity contribution in [1.82, 2.24) is 14.9 Å². The van der Waals surface area contributed by atoms with Gasteiger partial charge in [-0.15, -0.1) is 0 Å². The summed E-state index contributed by atoms with van der Waals surface area (Å²) in [6.45, 7) is 7.28. The molecule has 0 spiro atoms. The minimum atomic E-state index is -3.00. The number of nitrogens with zero attached hydrogens (tertiary/aromatic N) is 5. The average molecular weight is 458 g/mol.